The molecular formula is C31H37N3O5S. The zero-order valence-corrected chi connectivity index (χ0v) is 24.4. The summed E-state index contributed by atoms with van der Waals surface area (Å²) in [7, 11) is 3.40. The molecule has 5 rings (SSSR count). The van der Waals surface area contributed by atoms with E-state index < -0.39 is 5.97 Å². The molecule has 1 aromatic heterocycles. The van der Waals surface area contributed by atoms with Gasteiger partial charge in [0.25, 0.3) is 5.91 Å². The van der Waals surface area contributed by atoms with Crippen molar-refractivity contribution in [2.24, 2.45) is 17.8 Å². The van der Waals surface area contributed by atoms with Crippen molar-refractivity contribution in [2.45, 2.75) is 33.3 Å². The molecule has 2 fully saturated rings. The van der Waals surface area contributed by atoms with E-state index in [0.717, 1.165) is 64.8 Å². The first-order chi connectivity index (χ1) is 19.2. The van der Waals surface area contributed by atoms with Crippen LogP contribution in [-0.4, -0.2) is 67.3 Å². The fourth-order valence-corrected chi connectivity index (χ4v) is 6.83. The molecule has 2 aromatic carbocycles. The maximum atomic E-state index is 12.7. The van der Waals surface area contributed by atoms with Gasteiger partial charge in [-0.3, -0.25) is 9.59 Å². The predicted octanol–water partition coefficient (Wildman–Crippen LogP) is 5.27. The van der Waals surface area contributed by atoms with E-state index in [-0.39, 0.29) is 23.7 Å². The van der Waals surface area contributed by atoms with Crippen molar-refractivity contribution in [1.82, 2.24) is 9.88 Å². The molecule has 2 bridgehead atoms. The molecule has 2 aliphatic rings. The second-order valence-corrected chi connectivity index (χ2v) is 11.9. The summed E-state index contributed by atoms with van der Waals surface area (Å²) in [5.41, 5.74) is 5.58. The van der Waals surface area contributed by atoms with Crippen LogP contribution in [0.1, 0.15) is 39.9 Å². The minimum absolute atomic E-state index is 0.0343. The van der Waals surface area contributed by atoms with Crippen LogP contribution in [0.25, 0.3) is 11.3 Å². The Morgan fingerprint density at radius 1 is 1.12 bits per heavy atom. The number of methoxy groups -OCH3 is 1. The van der Waals surface area contributed by atoms with E-state index in [2.05, 4.69) is 23.3 Å². The topological polar surface area (TPSA) is 92.2 Å². The second-order valence-electron chi connectivity index (χ2n) is 11.0. The standard InChI is InChI=1S/C31H37N3O5S/c1-19-5-10-27(39-17-24-9-6-21(14-20(24)2)29(35)33(3)11-12-38-4)25(13-19)26-18-40-31(32-26)34-15-22-7-8-23(16-34)28(22)30(36)37/h5-6,9-10,13-14,18,22-23,28H,7-8,11-12,15-17H2,1-4H3,(H,36,37)/t22-,23?,28+/m0/s1. The number of hydrogen-bond acceptors (Lipinski definition) is 7. The Bertz CT molecular complexity index is 1380. The number of carbonyl (C=O) groups excluding carboxylic acids is 1. The Labute approximate surface area is 239 Å². The third-order valence-electron chi connectivity index (χ3n) is 8.24. The number of fused-ring (bicyclic) bond motifs is 2. The van der Waals surface area contributed by atoms with Crippen LogP contribution in [0.3, 0.4) is 0 Å². The lowest BCUT2D eigenvalue weighted by molar-refractivity contribution is -0.144. The Balaban J connectivity index is 1.29. The maximum Gasteiger partial charge on any atom is 0.307 e. The lowest BCUT2D eigenvalue weighted by Gasteiger charge is -2.35. The van der Waals surface area contributed by atoms with Crippen molar-refractivity contribution in [3.8, 4) is 17.0 Å². The van der Waals surface area contributed by atoms with Gasteiger partial charge in [-0.25, -0.2) is 4.98 Å². The fraction of sp³-hybridized carbons (Fsp3) is 0.452. The summed E-state index contributed by atoms with van der Waals surface area (Å²) in [5, 5.41) is 12.7. The summed E-state index contributed by atoms with van der Waals surface area (Å²) in [4.78, 5) is 33.4. The van der Waals surface area contributed by atoms with Crippen molar-refractivity contribution in [3.63, 3.8) is 0 Å². The zero-order chi connectivity index (χ0) is 28.4. The van der Waals surface area contributed by atoms with Crippen LogP contribution in [0.4, 0.5) is 5.13 Å². The Kier molecular flexibility index (Phi) is 8.42. The van der Waals surface area contributed by atoms with E-state index >= 15 is 0 Å². The van der Waals surface area contributed by atoms with Gasteiger partial charge in [-0.15, -0.1) is 11.3 Å². The molecule has 1 aliphatic heterocycles. The number of piperidine rings is 1. The molecule has 3 atom stereocenters. The summed E-state index contributed by atoms with van der Waals surface area (Å²) in [6.45, 7) is 6.95. The lowest BCUT2D eigenvalue weighted by Crippen LogP contribution is -2.44. The number of thiazole rings is 1. The Morgan fingerprint density at radius 2 is 1.88 bits per heavy atom. The van der Waals surface area contributed by atoms with Crippen LogP contribution < -0.4 is 9.64 Å². The van der Waals surface area contributed by atoms with Crippen molar-refractivity contribution in [3.05, 3.63) is 64.0 Å². The number of amides is 1. The van der Waals surface area contributed by atoms with Crippen LogP contribution in [0, 0.1) is 31.6 Å². The molecule has 8 nitrogen and oxygen atoms in total. The quantitative estimate of drug-likeness (QED) is 0.359. The van der Waals surface area contributed by atoms with Gasteiger partial charge in [-0.05, 0) is 73.9 Å². The molecule has 1 saturated heterocycles. The molecule has 3 aromatic rings. The van der Waals surface area contributed by atoms with Crippen LogP contribution in [0.2, 0.25) is 0 Å². The van der Waals surface area contributed by atoms with Crippen LogP contribution in [0.15, 0.2) is 41.8 Å². The first-order valence-corrected chi connectivity index (χ1v) is 14.6. The smallest absolute Gasteiger partial charge is 0.307 e. The van der Waals surface area contributed by atoms with Gasteiger partial charge < -0.3 is 24.4 Å². The summed E-state index contributed by atoms with van der Waals surface area (Å²) in [5.74, 6) is 0.229. The van der Waals surface area contributed by atoms with E-state index in [1.165, 1.54) is 0 Å². The second kappa shape index (κ2) is 12.0. The lowest BCUT2D eigenvalue weighted by atomic mass is 9.85. The monoisotopic (exact) mass is 563 g/mol. The molecule has 0 spiro atoms. The molecule has 40 heavy (non-hydrogen) atoms. The molecule has 0 radical (unpaired) electrons. The minimum Gasteiger partial charge on any atom is -0.488 e. The van der Waals surface area contributed by atoms with E-state index in [4.69, 9.17) is 14.5 Å². The molecule has 1 amide bonds. The number of carboxylic acids is 1. The third kappa shape index (κ3) is 5.86. The summed E-state index contributed by atoms with van der Waals surface area (Å²) in [6, 6.07) is 11.8. The van der Waals surface area contributed by atoms with Crippen LogP contribution in [0.5, 0.6) is 5.75 Å². The Hall–Kier alpha value is -3.43. The molecule has 1 unspecified atom stereocenters. The van der Waals surface area contributed by atoms with Gasteiger partial charge >= 0.3 is 5.97 Å². The third-order valence-corrected chi connectivity index (χ3v) is 9.14. The van der Waals surface area contributed by atoms with E-state index in [1.807, 2.05) is 37.3 Å². The Morgan fingerprint density at radius 3 is 2.55 bits per heavy atom. The number of hydrogen-bond donors (Lipinski definition) is 1. The zero-order valence-electron chi connectivity index (χ0n) is 23.6. The van der Waals surface area contributed by atoms with Crippen LogP contribution in [-0.2, 0) is 16.1 Å². The van der Waals surface area contributed by atoms with Crippen molar-refractivity contribution < 1.29 is 24.2 Å². The first kappa shape index (κ1) is 28.1. The van der Waals surface area contributed by atoms with Crippen molar-refractivity contribution in [2.75, 3.05) is 45.3 Å². The van der Waals surface area contributed by atoms with Gasteiger partial charge in [0, 0.05) is 50.3 Å². The van der Waals surface area contributed by atoms with E-state index in [1.54, 1.807) is 30.4 Å². The summed E-state index contributed by atoms with van der Waals surface area (Å²) < 4.78 is 11.4. The number of carboxylic acid groups (broad SMARTS) is 1. The first-order valence-electron chi connectivity index (χ1n) is 13.8. The number of nitrogens with zero attached hydrogens (tertiary/aromatic N) is 3. The highest BCUT2D eigenvalue weighted by Gasteiger charge is 2.46. The number of carbonyl (C=O) groups is 2. The maximum absolute atomic E-state index is 12.7. The van der Waals surface area contributed by atoms with Gasteiger partial charge in [-0.2, -0.15) is 0 Å². The average Bonchev–Trinajstić information content (AvgIpc) is 3.54. The van der Waals surface area contributed by atoms with Crippen molar-refractivity contribution in [1.29, 1.82) is 0 Å². The van der Waals surface area contributed by atoms with Crippen molar-refractivity contribution >= 4 is 28.3 Å². The SMILES string of the molecule is COCCN(C)C(=O)c1ccc(COc2ccc(C)cc2-c2csc(N3CC4CC[C@@H](C3)[C@H]4C(=O)O)n2)c(C)c1. The summed E-state index contributed by atoms with van der Waals surface area (Å²) >= 11 is 1.60. The predicted molar refractivity (Wildman–Crippen MR) is 156 cm³/mol. The highest BCUT2D eigenvalue weighted by molar-refractivity contribution is 7.14. The van der Waals surface area contributed by atoms with E-state index in [0.29, 0.717) is 25.3 Å². The van der Waals surface area contributed by atoms with Gasteiger partial charge in [0.2, 0.25) is 0 Å². The highest BCUT2D eigenvalue weighted by atomic mass is 32.1. The molecule has 212 valence electrons. The van der Waals surface area contributed by atoms with Gasteiger partial charge in [0.05, 0.1) is 18.2 Å². The molecule has 1 N–H and O–H groups in total. The number of ether oxygens (including phenoxy) is 2. The van der Waals surface area contributed by atoms with Gasteiger partial charge in [0.1, 0.15) is 12.4 Å². The number of rotatable bonds is 10. The molecule has 1 saturated carbocycles. The number of anilines is 1. The number of aromatic nitrogens is 1. The molecule has 1 aliphatic carbocycles. The number of benzene rings is 2. The van der Waals surface area contributed by atoms with Gasteiger partial charge in [0.15, 0.2) is 5.13 Å². The normalized spacial score (nSPS) is 20.0. The molecular weight excluding hydrogens is 526 g/mol. The largest absolute Gasteiger partial charge is 0.488 e. The summed E-state index contributed by atoms with van der Waals surface area (Å²) in [6.07, 6.45) is 1.95. The number of likely N-dealkylation sites (N-methyl/N-ethyl adjacent to an activating group) is 1. The van der Waals surface area contributed by atoms with Gasteiger partial charge in [-0.1, -0.05) is 17.7 Å². The molecule has 2 heterocycles. The van der Waals surface area contributed by atoms with E-state index in [9.17, 15) is 14.7 Å². The van der Waals surface area contributed by atoms with Crippen LogP contribution >= 0.6 is 11.3 Å². The molecule has 9 heteroatoms. The minimum atomic E-state index is -0.653. The highest BCUT2D eigenvalue weighted by Crippen LogP contribution is 2.44. The number of aliphatic carboxylic acids is 1. The average molecular weight is 564 g/mol. The number of aryl methyl sites for hydroxylation is 2. The fourth-order valence-electron chi connectivity index (χ4n) is 5.98.